The predicted octanol–water partition coefficient (Wildman–Crippen LogP) is 0.802. The largest absolute Gasteiger partial charge is 0.361 e. The number of allylic oxidation sites excluding steroid dienone is 3. The molecule has 2 aliphatic rings. The van der Waals surface area contributed by atoms with E-state index in [4.69, 9.17) is 0 Å². The van der Waals surface area contributed by atoms with E-state index in [1.54, 1.807) is 12.2 Å². The Hall–Kier alpha value is -2.96. The maximum atomic E-state index is 13.5. The number of ketones is 2. The summed E-state index contributed by atoms with van der Waals surface area (Å²) in [6.45, 7) is 1.60. The van der Waals surface area contributed by atoms with Crippen molar-refractivity contribution in [1.29, 1.82) is 0 Å². The molecular weight excluding hydrogens is 364 g/mol. The monoisotopic (exact) mass is 390 g/mol. The average Bonchev–Trinajstić information content (AvgIpc) is 3.27. The molecule has 0 spiro atoms. The molecule has 0 fully saturated rings. The number of nitrogens with zero attached hydrogens (tertiary/aromatic N) is 1. The summed E-state index contributed by atoms with van der Waals surface area (Å²) in [5.41, 5.74) is 4.82. The topological polar surface area (TPSA) is 81.0 Å². The van der Waals surface area contributed by atoms with E-state index in [-0.39, 0.29) is 11.6 Å². The number of fused-ring (bicyclic) bond motifs is 2. The van der Waals surface area contributed by atoms with Gasteiger partial charge in [-0.3, -0.25) is 9.59 Å². The molecule has 0 unspecified atom stereocenters. The third kappa shape index (κ3) is 3.45. The molecule has 2 aliphatic carbocycles. The van der Waals surface area contributed by atoms with E-state index in [0.29, 0.717) is 17.6 Å². The maximum absolute atomic E-state index is 13.5. The van der Waals surface area contributed by atoms with Crippen molar-refractivity contribution in [1.82, 2.24) is 20.2 Å². The first-order valence-electron chi connectivity index (χ1n) is 9.91. The van der Waals surface area contributed by atoms with Crippen molar-refractivity contribution in [3.63, 3.8) is 0 Å². The Morgan fingerprint density at radius 2 is 1.90 bits per heavy atom. The number of rotatable bonds is 6. The van der Waals surface area contributed by atoms with E-state index in [1.807, 2.05) is 45.6 Å². The van der Waals surface area contributed by atoms with Gasteiger partial charge in [0.1, 0.15) is 0 Å². The highest BCUT2D eigenvalue weighted by Gasteiger charge is 2.26. The highest BCUT2D eigenvalue weighted by molar-refractivity contribution is 6.31. The molecule has 0 saturated heterocycles. The lowest BCUT2D eigenvalue weighted by Crippen LogP contribution is -2.24. The Morgan fingerprint density at radius 3 is 2.66 bits per heavy atom. The van der Waals surface area contributed by atoms with E-state index < -0.39 is 0 Å². The standard InChI is InChI=1S/C23H26N4O2/c1-24-11-9-15-21-18(5-4-6-19(21)28)26-22(15)16-7-8-17-20(23(16)29)14(13-25-17)10-12-27(2)3/h4-8,13,24-26H,9-12H2,1-3H3. The van der Waals surface area contributed by atoms with Crippen molar-refractivity contribution in [3.8, 4) is 0 Å². The Morgan fingerprint density at radius 1 is 1.07 bits per heavy atom. The zero-order valence-corrected chi connectivity index (χ0v) is 17.1. The zero-order chi connectivity index (χ0) is 20.5. The lowest BCUT2D eigenvalue weighted by atomic mass is 9.91. The first kappa shape index (κ1) is 19.4. The minimum absolute atomic E-state index is 0.00205. The SMILES string of the molecule is CNCCc1c2c([nH]c1=C1C=Cc3[nH]cc(CCN(C)C)c3C1=O)=CC=CC2=O. The Bertz CT molecular complexity index is 1160. The van der Waals surface area contributed by atoms with Gasteiger partial charge in [0.25, 0.3) is 0 Å². The van der Waals surface area contributed by atoms with Crippen LogP contribution in [-0.2, 0) is 12.8 Å². The minimum atomic E-state index is -0.0158. The normalized spacial score (nSPS) is 17.0. The fourth-order valence-corrected chi connectivity index (χ4v) is 4.01. The van der Waals surface area contributed by atoms with Crippen LogP contribution < -0.4 is 16.0 Å². The number of carbonyl (C=O) groups is 2. The third-order valence-corrected chi connectivity index (χ3v) is 5.49. The summed E-state index contributed by atoms with van der Waals surface area (Å²) < 4.78 is 0. The molecule has 29 heavy (non-hydrogen) atoms. The third-order valence-electron chi connectivity index (χ3n) is 5.49. The van der Waals surface area contributed by atoms with Crippen LogP contribution in [-0.4, -0.2) is 60.7 Å². The smallest absolute Gasteiger partial charge is 0.197 e. The van der Waals surface area contributed by atoms with Crippen LogP contribution in [0.25, 0.3) is 17.7 Å². The summed E-state index contributed by atoms with van der Waals surface area (Å²) in [5, 5.41) is 4.67. The summed E-state index contributed by atoms with van der Waals surface area (Å²) >= 11 is 0. The van der Waals surface area contributed by atoms with Gasteiger partial charge in [-0.2, -0.15) is 0 Å². The Kier molecular flexibility index (Phi) is 5.22. The number of hydrogen-bond acceptors (Lipinski definition) is 4. The summed E-state index contributed by atoms with van der Waals surface area (Å²) in [5.74, 6) is -0.0137. The quantitative estimate of drug-likeness (QED) is 0.682. The average molecular weight is 390 g/mol. The fourth-order valence-electron chi connectivity index (χ4n) is 4.01. The van der Waals surface area contributed by atoms with Crippen LogP contribution in [0.1, 0.15) is 37.5 Å². The van der Waals surface area contributed by atoms with Crippen LogP contribution >= 0.6 is 0 Å². The van der Waals surface area contributed by atoms with Crippen molar-refractivity contribution < 1.29 is 9.59 Å². The summed E-state index contributed by atoms with van der Waals surface area (Å²) in [6.07, 6.45) is 12.4. The molecule has 150 valence electrons. The molecule has 0 aliphatic heterocycles. The van der Waals surface area contributed by atoms with Crippen LogP contribution in [0.2, 0.25) is 0 Å². The van der Waals surface area contributed by atoms with Crippen LogP contribution in [0.15, 0.2) is 24.4 Å². The van der Waals surface area contributed by atoms with Crippen molar-refractivity contribution in [3.05, 3.63) is 63.1 Å². The van der Waals surface area contributed by atoms with Crippen LogP contribution in [0.4, 0.5) is 0 Å². The van der Waals surface area contributed by atoms with Crippen LogP contribution in [0.5, 0.6) is 0 Å². The van der Waals surface area contributed by atoms with Crippen molar-refractivity contribution in [2.24, 2.45) is 0 Å². The summed E-state index contributed by atoms with van der Waals surface area (Å²) in [4.78, 5) is 34.7. The fraction of sp³-hybridized carbons (Fsp3) is 0.304. The minimum Gasteiger partial charge on any atom is -0.361 e. The lowest BCUT2D eigenvalue weighted by molar-refractivity contribution is 0.103. The number of H-pyrrole nitrogens is 2. The van der Waals surface area contributed by atoms with E-state index >= 15 is 0 Å². The van der Waals surface area contributed by atoms with Gasteiger partial charge in [-0.25, -0.2) is 0 Å². The van der Waals surface area contributed by atoms with Gasteiger partial charge in [-0.05, 0) is 76.0 Å². The number of aromatic amines is 2. The Balaban J connectivity index is 1.87. The molecule has 0 amide bonds. The van der Waals surface area contributed by atoms with E-state index in [0.717, 1.165) is 52.6 Å². The molecule has 6 nitrogen and oxygen atoms in total. The second-order valence-electron chi connectivity index (χ2n) is 7.74. The van der Waals surface area contributed by atoms with E-state index in [9.17, 15) is 9.59 Å². The number of carbonyl (C=O) groups excluding carboxylic acids is 2. The molecule has 2 aromatic rings. The van der Waals surface area contributed by atoms with E-state index in [2.05, 4.69) is 20.2 Å². The molecule has 2 heterocycles. The van der Waals surface area contributed by atoms with Gasteiger partial charge in [0, 0.05) is 24.0 Å². The first-order valence-corrected chi connectivity index (χ1v) is 9.91. The first-order chi connectivity index (χ1) is 14.0. The molecule has 3 N–H and O–H groups in total. The molecule has 6 heteroatoms. The Labute approximate surface area is 169 Å². The lowest BCUT2D eigenvalue weighted by Gasteiger charge is -2.13. The number of aromatic nitrogens is 2. The number of hydrogen-bond donors (Lipinski definition) is 3. The molecule has 0 aromatic carbocycles. The molecule has 0 atom stereocenters. The van der Waals surface area contributed by atoms with Crippen molar-refractivity contribution >= 4 is 29.3 Å². The van der Waals surface area contributed by atoms with Gasteiger partial charge >= 0.3 is 0 Å². The second-order valence-corrected chi connectivity index (χ2v) is 7.74. The van der Waals surface area contributed by atoms with Crippen molar-refractivity contribution in [2.75, 3.05) is 34.2 Å². The van der Waals surface area contributed by atoms with Gasteiger partial charge in [0.15, 0.2) is 11.6 Å². The van der Waals surface area contributed by atoms with Gasteiger partial charge < -0.3 is 20.2 Å². The molecule has 2 aromatic heterocycles. The van der Waals surface area contributed by atoms with Gasteiger partial charge in [0.05, 0.1) is 21.8 Å². The van der Waals surface area contributed by atoms with Gasteiger partial charge in [0.2, 0.25) is 0 Å². The molecule has 0 saturated carbocycles. The highest BCUT2D eigenvalue weighted by Crippen LogP contribution is 2.26. The second kappa shape index (κ2) is 7.81. The van der Waals surface area contributed by atoms with Crippen molar-refractivity contribution in [2.45, 2.75) is 12.8 Å². The molecular formula is C23H26N4O2. The molecule has 0 radical (unpaired) electrons. The number of likely N-dealkylation sites (N-methyl/N-ethyl adjacent to an activating group) is 2. The molecule has 4 rings (SSSR count). The zero-order valence-electron chi connectivity index (χ0n) is 17.1. The number of nitrogens with one attached hydrogen (secondary N) is 3. The van der Waals surface area contributed by atoms with E-state index in [1.165, 1.54) is 0 Å². The van der Waals surface area contributed by atoms with Gasteiger partial charge in [-0.1, -0.05) is 6.08 Å². The number of Topliss-reactive ketones (excluding diaryl/α,β-unsaturated/α-hetero) is 1. The predicted molar refractivity (Wildman–Crippen MR) is 115 cm³/mol. The van der Waals surface area contributed by atoms with Crippen LogP contribution in [0, 0.1) is 0 Å². The highest BCUT2D eigenvalue weighted by atomic mass is 16.1. The summed E-state index contributed by atoms with van der Waals surface area (Å²) in [7, 11) is 5.93. The molecule has 0 bridgehead atoms. The van der Waals surface area contributed by atoms with Crippen LogP contribution in [0.3, 0.4) is 0 Å². The maximum Gasteiger partial charge on any atom is 0.197 e. The van der Waals surface area contributed by atoms with Gasteiger partial charge in [-0.15, -0.1) is 0 Å². The summed E-state index contributed by atoms with van der Waals surface area (Å²) in [6, 6.07) is 0.